The summed E-state index contributed by atoms with van der Waals surface area (Å²) in [6.07, 6.45) is -0.678. The number of guanidine groups is 1. The quantitative estimate of drug-likeness (QED) is 0.425. The molecule has 0 atom stereocenters. The van der Waals surface area contributed by atoms with E-state index >= 15 is 0 Å². The molecule has 1 aromatic rings. The molecule has 3 N–H and O–H groups in total. The number of likely N-dealkylation sites (tertiary alicyclic amines) is 1. The van der Waals surface area contributed by atoms with Crippen molar-refractivity contribution >= 4 is 11.9 Å². The number of nitrogens with zero attached hydrogens (tertiary/aromatic N) is 2. The molecule has 1 amide bonds. The Bertz CT molecular complexity index is 664. The molecule has 0 bridgehead atoms. The Kier molecular flexibility index (Phi) is 9.63. The van der Waals surface area contributed by atoms with Gasteiger partial charge in [0.1, 0.15) is 5.75 Å². The second-order valence-electron chi connectivity index (χ2n) is 6.93. The molecular formula is C20H31F2N5O2. The van der Waals surface area contributed by atoms with Gasteiger partial charge in [0.2, 0.25) is 0 Å². The number of piperidine rings is 1. The number of aliphatic imine (C=N–C) groups is 1. The van der Waals surface area contributed by atoms with Crippen LogP contribution in [0.15, 0.2) is 29.3 Å². The van der Waals surface area contributed by atoms with E-state index in [4.69, 9.17) is 4.74 Å². The van der Waals surface area contributed by atoms with Crippen molar-refractivity contribution in [1.82, 2.24) is 20.9 Å². The van der Waals surface area contributed by atoms with Crippen LogP contribution in [0.25, 0.3) is 0 Å². The first-order chi connectivity index (χ1) is 14.0. The van der Waals surface area contributed by atoms with Crippen molar-refractivity contribution in [2.45, 2.75) is 38.8 Å². The number of hydrogen-bond donors (Lipinski definition) is 3. The van der Waals surface area contributed by atoms with Crippen molar-refractivity contribution in [3.8, 4) is 5.75 Å². The average Bonchev–Trinajstić information content (AvgIpc) is 2.71. The molecule has 1 aromatic carbocycles. The Morgan fingerprint density at radius 2 is 2.07 bits per heavy atom. The summed E-state index contributed by atoms with van der Waals surface area (Å²) < 4.78 is 30.5. The number of nitrogens with one attached hydrogen (secondary N) is 3. The van der Waals surface area contributed by atoms with Gasteiger partial charge >= 0.3 is 0 Å². The molecule has 7 nitrogen and oxygen atoms in total. The van der Waals surface area contributed by atoms with Crippen LogP contribution in [0.4, 0.5) is 8.78 Å². The minimum Gasteiger partial charge on any atom is -0.484 e. The number of hydrogen-bond acceptors (Lipinski definition) is 4. The highest BCUT2D eigenvalue weighted by atomic mass is 19.3. The molecule has 1 saturated heterocycles. The summed E-state index contributed by atoms with van der Waals surface area (Å²) in [5, 5.41) is 9.31. The summed E-state index contributed by atoms with van der Waals surface area (Å²) in [5.74, 6) is 1.15. The Balaban J connectivity index is 1.76. The second-order valence-corrected chi connectivity index (χ2v) is 6.93. The molecule has 9 heteroatoms. The molecule has 162 valence electrons. The van der Waals surface area contributed by atoms with E-state index in [9.17, 15) is 13.6 Å². The third kappa shape index (κ3) is 8.64. The highest BCUT2D eigenvalue weighted by Crippen LogP contribution is 2.14. The molecule has 29 heavy (non-hydrogen) atoms. The van der Waals surface area contributed by atoms with Gasteiger partial charge in [-0.3, -0.25) is 14.7 Å². The summed E-state index contributed by atoms with van der Waals surface area (Å²) in [5.41, 5.74) is 0.994. The summed E-state index contributed by atoms with van der Waals surface area (Å²) >= 11 is 0. The second kappa shape index (κ2) is 12.2. The Morgan fingerprint density at radius 3 is 2.72 bits per heavy atom. The highest BCUT2D eigenvalue weighted by molar-refractivity contribution is 5.80. The zero-order valence-corrected chi connectivity index (χ0v) is 17.1. The topological polar surface area (TPSA) is 78.0 Å². The third-order valence-electron chi connectivity index (χ3n) is 4.65. The number of likely N-dealkylation sites (N-methyl/N-ethyl adjacent to an activating group) is 1. The molecular weight excluding hydrogens is 380 g/mol. The molecule has 0 saturated carbocycles. The van der Waals surface area contributed by atoms with Gasteiger partial charge < -0.3 is 20.7 Å². The molecule has 2 rings (SSSR count). The van der Waals surface area contributed by atoms with Crippen molar-refractivity contribution in [3.05, 3.63) is 29.8 Å². The summed E-state index contributed by atoms with van der Waals surface area (Å²) in [6.45, 7) is 4.12. The van der Waals surface area contributed by atoms with Gasteiger partial charge in [-0.2, -0.15) is 0 Å². The first kappa shape index (κ1) is 22.9. The lowest BCUT2D eigenvalue weighted by Gasteiger charge is -2.32. The largest absolute Gasteiger partial charge is 0.484 e. The van der Waals surface area contributed by atoms with Gasteiger partial charge in [-0.1, -0.05) is 12.1 Å². The van der Waals surface area contributed by atoms with E-state index in [1.54, 1.807) is 11.9 Å². The zero-order valence-electron chi connectivity index (χ0n) is 17.1. The number of benzene rings is 1. The maximum absolute atomic E-state index is 12.5. The van der Waals surface area contributed by atoms with E-state index < -0.39 is 6.43 Å². The van der Waals surface area contributed by atoms with Crippen LogP contribution < -0.4 is 20.7 Å². The normalized spacial score (nSPS) is 16.0. The maximum atomic E-state index is 12.5. The fraction of sp³-hybridized carbons (Fsp3) is 0.600. The molecule has 0 unspecified atom stereocenters. The van der Waals surface area contributed by atoms with Gasteiger partial charge in [-0.25, -0.2) is 8.78 Å². The van der Waals surface area contributed by atoms with E-state index in [0.29, 0.717) is 37.9 Å². The summed E-state index contributed by atoms with van der Waals surface area (Å²) in [6, 6.07) is 7.73. The van der Waals surface area contributed by atoms with Crippen LogP contribution in [0.5, 0.6) is 5.75 Å². The maximum Gasteiger partial charge on any atom is 0.257 e. The Hall–Kier alpha value is -2.42. The van der Waals surface area contributed by atoms with Crippen LogP contribution in [0.3, 0.4) is 0 Å². The van der Waals surface area contributed by atoms with Crippen LogP contribution in [0.2, 0.25) is 0 Å². The first-order valence-corrected chi connectivity index (χ1v) is 9.96. The van der Waals surface area contributed by atoms with E-state index in [2.05, 4.69) is 20.9 Å². The predicted molar refractivity (Wildman–Crippen MR) is 109 cm³/mol. The molecule has 1 aliphatic heterocycles. The van der Waals surface area contributed by atoms with Gasteiger partial charge in [0.05, 0.1) is 6.54 Å². The summed E-state index contributed by atoms with van der Waals surface area (Å²) in [4.78, 5) is 17.5. The zero-order chi connectivity index (χ0) is 21.1. The van der Waals surface area contributed by atoms with Crippen molar-refractivity contribution in [2.24, 2.45) is 4.99 Å². The van der Waals surface area contributed by atoms with E-state index in [1.165, 1.54) is 0 Å². The summed E-state index contributed by atoms with van der Waals surface area (Å²) in [7, 11) is 1.70. The van der Waals surface area contributed by atoms with Crippen LogP contribution in [-0.2, 0) is 11.3 Å². The SMILES string of the molecule is CCNC(=O)COc1cccc(CNC(=NC)NC2CCN(CC(F)F)CC2)c1. The van der Waals surface area contributed by atoms with Crippen LogP contribution >= 0.6 is 0 Å². The van der Waals surface area contributed by atoms with Crippen molar-refractivity contribution in [2.75, 3.05) is 39.8 Å². The van der Waals surface area contributed by atoms with Gasteiger partial charge in [0.15, 0.2) is 12.6 Å². The van der Waals surface area contributed by atoms with Gasteiger partial charge in [-0.15, -0.1) is 0 Å². The molecule has 1 heterocycles. The number of amides is 1. The Labute approximate surface area is 170 Å². The fourth-order valence-electron chi connectivity index (χ4n) is 3.17. The molecule has 0 radical (unpaired) electrons. The minimum atomic E-state index is -2.28. The van der Waals surface area contributed by atoms with E-state index in [1.807, 2.05) is 31.2 Å². The molecule has 0 aromatic heterocycles. The van der Waals surface area contributed by atoms with Crippen molar-refractivity contribution in [1.29, 1.82) is 0 Å². The lowest BCUT2D eigenvalue weighted by Crippen LogP contribution is -2.49. The smallest absolute Gasteiger partial charge is 0.257 e. The third-order valence-corrected chi connectivity index (χ3v) is 4.65. The van der Waals surface area contributed by atoms with Crippen LogP contribution in [0, 0.1) is 0 Å². The van der Waals surface area contributed by atoms with E-state index in [-0.39, 0.29) is 25.1 Å². The molecule has 0 spiro atoms. The number of carbonyl (C=O) groups excluding carboxylic acids is 1. The van der Waals surface area contributed by atoms with Gasteiger partial charge in [0, 0.05) is 39.3 Å². The number of carbonyl (C=O) groups is 1. The lowest BCUT2D eigenvalue weighted by atomic mass is 10.1. The molecule has 0 aliphatic carbocycles. The van der Waals surface area contributed by atoms with Crippen LogP contribution in [-0.4, -0.2) is 69.1 Å². The van der Waals surface area contributed by atoms with Crippen LogP contribution in [0.1, 0.15) is 25.3 Å². The lowest BCUT2D eigenvalue weighted by molar-refractivity contribution is -0.122. The number of halogens is 2. The average molecular weight is 411 g/mol. The number of ether oxygens (including phenoxy) is 1. The fourth-order valence-corrected chi connectivity index (χ4v) is 3.17. The van der Waals surface area contributed by atoms with Gasteiger partial charge in [0.25, 0.3) is 12.3 Å². The van der Waals surface area contributed by atoms with Crippen molar-refractivity contribution < 1.29 is 18.3 Å². The molecule has 1 aliphatic rings. The van der Waals surface area contributed by atoms with Gasteiger partial charge in [-0.05, 0) is 37.5 Å². The van der Waals surface area contributed by atoms with Crippen molar-refractivity contribution in [3.63, 3.8) is 0 Å². The minimum absolute atomic E-state index is 0.0157. The monoisotopic (exact) mass is 411 g/mol. The number of alkyl halides is 2. The Morgan fingerprint density at radius 1 is 1.31 bits per heavy atom. The molecule has 1 fully saturated rings. The standard InChI is InChI=1S/C20H31F2N5O2/c1-3-24-19(28)14-29-17-6-4-5-15(11-17)12-25-20(23-2)26-16-7-9-27(10-8-16)13-18(21)22/h4-6,11,16,18H,3,7-10,12-14H2,1-2H3,(H,24,28)(H2,23,25,26). The van der Waals surface area contributed by atoms with E-state index in [0.717, 1.165) is 18.4 Å². The highest BCUT2D eigenvalue weighted by Gasteiger charge is 2.21. The first-order valence-electron chi connectivity index (χ1n) is 9.96. The number of rotatable bonds is 9. The predicted octanol–water partition coefficient (Wildman–Crippen LogP) is 1.60.